The van der Waals surface area contributed by atoms with E-state index in [0.717, 1.165) is 19.6 Å². The third-order valence-corrected chi connectivity index (χ3v) is 5.75. The van der Waals surface area contributed by atoms with Crippen molar-refractivity contribution in [2.75, 3.05) is 26.2 Å². The van der Waals surface area contributed by atoms with Crippen molar-refractivity contribution < 1.29 is 19.6 Å². The Bertz CT molecular complexity index is 1030. The zero-order chi connectivity index (χ0) is 23.3. The van der Waals surface area contributed by atoms with Crippen molar-refractivity contribution in [3.8, 4) is 0 Å². The second kappa shape index (κ2) is 10.2. The summed E-state index contributed by atoms with van der Waals surface area (Å²) in [6, 6.07) is 13.5. The lowest BCUT2D eigenvalue weighted by atomic mass is 9.95. The van der Waals surface area contributed by atoms with Gasteiger partial charge in [0.05, 0.1) is 16.5 Å². The minimum atomic E-state index is -0.896. The molecular formula is C24H27N3O5. The van der Waals surface area contributed by atoms with Crippen LogP contribution in [-0.4, -0.2) is 57.7 Å². The first-order valence-corrected chi connectivity index (χ1v) is 10.7. The number of hydrogen-bond acceptors (Lipinski definition) is 6. The number of rotatable bonds is 9. The molecule has 1 amide bonds. The van der Waals surface area contributed by atoms with Crippen LogP contribution in [0.15, 0.2) is 60.2 Å². The molecule has 2 aromatic rings. The quantitative estimate of drug-likeness (QED) is 0.211. The molecule has 168 valence electrons. The SMILES string of the molecule is CCN(CC)CCCN1C(=O)C(=O)/C(=C(/O)c2ccccc2)[C@H]1c1cccc([N+](=O)[O-])c1. The summed E-state index contributed by atoms with van der Waals surface area (Å²) in [6.07, 6.45) is 0.630. The average molecular weight is 437 g/mol. The lowest BCUT2D eigenvalue weighted by Crippen LogP contribution is -2.33. The summed E-state index contributed by atoms with van der Waals surface area (Å²) in [4.78, 5) is 40.4. The highest BCUT2D eigenvalue weighted by atomic mass is 16.6. The summed E-state index contributed by atoms with van der Waals surface area (Å²) in [6.45, 7) is 6.89. The number of nitro groups is 1. The maximum Gasteiger partial charge on any atom is 0.295 e. The molecule has 8 heteroatoms. The third-order valence-electron chi connectivity index (χ3n) is 5.75. The van der Waals surface area contributed by atoms with Crippen LogP contribution in [0.5, 0.6) is 0 Å². The van der Waals surface area contributed by atoms with E-state index in [1.165, 1.54) is 23.1 Å². The fourth-order valence-corrected chi connectivity index (χ4v) is 4.02. The summed E-state index contributed by atoms with van der Waals surface area (Å²) >= 11 is 0. The average Bonchev–Trinajstić information content (AvgIpc) is 3.07. The Morgan fingerprint density at radius 3 is 2.41 bits per heavy atom. The Morgan fingerprint density at radius 2 is 1.78 bits per heavy atom. The molecule has 0 radical (unpaired) electrons. The highest BCUT2D eigenvalue weighted by Crippen LogP contribution is 2.40. The van der Waals surface area contributed by atoms with Gasteiger partial charge in [-0.15, -0.1) is 0 Å². The van der Waals surface area contributed by atoms with Gasteiger partial charge in [0.2, 0.25) is 0 Å². The summed E-state index contributed by atoms with van der Waals surface area (Å²) in [7, 11) is 0. The van der Waals surface area contributed by atoms with Gasteiger partial charge in [0.1, 0.15) is 5.76 Å². The van der Waals surface area contributed by atoms with Crippen molar-refractivity contribution in [1.29, 1.82) is 0 Å². The number of carbonyl (C=O) groups is 2. The zero-order valence-electron chi connectivity index (χ0n) is 18.2. The predicted octanol–water partition coefficient (Wildman–Crippen LogP) is 3.75. The Kier molecular flexibility index (Phi) is 7.37. The van der Waals surface area contributed by atoms with Crippen LogP contribution in [0, 0.1) is 10.1 Å². The molecular weight excluding hydrogens is 410 g/mol. The van der Waals surface area contributed by atoms with E-state index in [-0.39, 0.29) is 17.0 Å². The number of aliphatic hydroxyl groups excluding tert-OH is 1. The van der Waals surface area contributed by atoms with Gasteiger partial charge in [0, 0.05) is 24.2 Å². The lowest BCUT2D eigenvalue weighted by molar-refractivity contribution is -0.384. The summed E-state index contributed by atoms with van der Waals surface area (Å²) in [5.74, 6) is -1.78. The summed E-state index contributed by atoms with van der Waals surface area (Å²) in [5.41, 5.74) is 0.628. The molecule has 0 unspecified atom stereocenters. The summed E-state index contributed by atoms with van der Waals surface area (Å²) in [5, 5.41) is 22.3. The van der Waals surface area contributed by atoms with Gasteiger partial charge in [-0.25, -0.2) is 0 Å². The number of amides is 1. The highest BCUT2D eigenvalue weighted by Gasteiger charge is 2.46. The van der Waals surface area contributed by atoms with E-state index < -0.39 is 22.7 Å². The van der Waals surface area contributed by atoms with Crippen LogP contribution in [-0.2, 0) is 9.59 Å². The molecule has 1 aliphatic heterocycles. The zero-order valence-corrected chi connectivity index (χ0v) is 18.2. The third kappa shape index (κ3) is 4.70. The maximum atomic E-state index is 13.0. The molecule has 32 heavy (non-hydrogen) atoms. The molecule has 1 aliphatic rings. The number of ketones is 1. The topological polar surface area (TPSA) is 104 Å². The number of likely N-dealkylation sites (tertiary alicyclic amines) is 1. The number of carbonyl (C=O) groups excluding carboxylic acids is 2. The Balaban J connectivity index is 2.06. The van der Waals surface area contributed by atoms with E-state index in [1.54, 1.807) is 36.4 Å². The number of aliphatic hydroxyl groups is 1. The van der Waals surface area contributed by atoms with Crippen LogP contribution in [0.25, 0.3) is 5.76 Å². The van der Waals surface area contributed by atoms with Crippen LogP contribution >= 0.6 is 0 Å². The van der Waals surface area contributed by atoms with Gasteiger partial charge < -0.3 is 14.9 Å². The minimum Gasteiger partial charge on any atom is -0.507 e. The molecule has 2 aromatic carbocycles. The van der Waals surface area contributed by atoms with E-state index in [9.17, 15) is 24.8 Å². The van der Waals surface area contributed by atoms with Crippen molar-refractivity contribution in [1.82, 2.24) is 9.80 Å². The number of non-ortho nitro benzene ring substituents is 1. The molecule has 1 saturated heterocycles. The second-order valence-corrected chi connectivity index (χ2v) is 7.59. The first kappa shape index (κ1) is 23.1. The maximum absolute atomic E-state index is 13.0. The van der Waals surface area contributed by atoms with Gasteiger partial charge >= 0.3 is 0 Å². The van der Waals surface area contributed by atoms with Crippen molar-refractivity contribution in [2.24, 2.45) is 0 Å². The molecule has 1 N–H and O–H groups in total. The van der Waals surface area contributed by atoms with Gasteiger partial charge in [-0.3, -0.25) is 19.7 Å². The van der Waals surface area contributed by atoms with E-state index in [0.29, 0.717) is 24.1 Å². The van der Waals surface area contributed by atoms with Crippen molar-refractivity contribution >= 4 is 23.1 Å². The normalized spacial score (nSPS) is 17.8. The number of hydrogen-bond donors (Lipinski definition) is 1. The van der Waals surface area contributed by atoms with Gasteiger partial charge in [0.15, 0.2) is 0 Å². The van der Waals surface area contributed by atoms with Crippen LogP contribution in [0.2, 0.25) is 0 Å². The second-order valence-electron chi connectivity index (χ2n) is 7.59. The van der Waals surface area contributed by atoms with E-state index in [2.05, 4.69) is 18.7 Å². The van der Waals surface area contributed by atoms with Crippen LogP contribution in [0.4, 0.5) is 5.69 Å². The number of nitrogens with zero attached hydrogens (tertiary/aromatic N) is 3. The first-order chi connectivity index (χ1) is 15.4. The largest absolute Gasteiger partial charge is 0.507 e. The van der Waals surface area contributed by atoms with E-state index in [4.69, 9.17) is 0 Å². The fourth-order valence-electron chi connectivity index (χ4n) is 4.02. The number of benzene rings is 2. The van der Waals surface area contributed by atoms with Crippen LogP contribution < -0.4 is 0 Å². The lowest BCUT2D eigenvalue weighted by Gasteiger charge is -2.26. The number of Topliss-reactive ketones (excluding diaryl/α,β-unsaturated/α-hetero) is 1. The molecule has 3 rings (SSSR count). The van der Waals surface area contributed by atoms with Crippen molar-refractivity contribution in [2.45, 2.75) is 26.3 Å². The van der Waals surface area contributed by atoms with E-state index in [1.807, 2.05) is 0 Å². The predicted molar refractivity (Wildman–Crippen MR) is 121 cm³/mol. The van der Waals surface area contributed by atoms with Crippen LogP contribution in [0.3, 0.4) is 0 Å². The molecule has 8 nitrogen and oxygen atoms in total. The van der Waals surface area contributed by atoms with Crippen molar-refractivity contribution in [3.05, 3.63) is 81.4 Å². The van der Waals surface area contributed by atoms with Gasteiger partial charge in [-0.05, 0) is 31.6 Å². The Morgan fingerprint density at radius 1 is 1.09 bits per heavy atom. The highest BCUT2D eigenvalue weighted by molar-refractivity contribution is 6.46. The van der Waals surface area contributed by atoms with Gasteiger partial charge in [-0.2, -0.15) is 0 Å². The summed E-state index contributed by atoms with van der Waals surface area (Å²) < 4.78 is 0. The molecule has 0 aliphatic carbocycles. The Labute approximate surface area is 186 Å². The van der Waals surface area contributed by atoms with Gasteiger partial charge in [0.25, 0.3) is 17.4 Å². The number of nitro benzene ring substituents is 1. The molecule has 0 spiro atoms. The molecule has 0 bridgehead atoms. The monoisotopic (exact) mass is 437 g/mol. The molecule has 1 atom stereocenters. The van der Waals surface area contributed by atoms with Crippen LogP contribution in [0.1, 0.15) is 37.4 Å². The van der Waals surface area contributed by atoms with E-state index >= 15 is 0 Å². The van der Waals surface area contributed by atoms with Gasteiger partial charge in [-0.1, -0.05) is 56.3 Å². The molecule has 0 aromatic heterocycles. The molecule has 1 fully saturated rings. The fraction of sp³-hybridized carbons (Fsp3) is 0.333. The Hall–Kier alpha value is -3.52. The molecule has 0 saturated carbocycles. The smallest absolute Gasteiger partial charge is 0.295 e. The first-order valence-electron chi connectivity index (χ1n) is 10.7. The standard InChI is InChI=1S/C24H27N3O5/c1-3-25(4-2)14-9-15-26-21(18-12-8-13-19(16-18)27(31)32)20(23(29)24(26)30)22(28)17-10-6-5-7-11-17/h5-8,10-13,16,21,28H,3-4,9,14-15H2,1-2H3/b22-20+/t21-/m1/s1. The molecule has 1 heterocycles. The minimum absolute atomic E-state index is 0.0514. The van der Waals surface area contributed by atoms with Crippen molar-refractivity contribution in [3.63, 3.8) is 0 Å².